The van der Waals surface area contributed by atoms with Gasteiger partial charge in [-0.25, -0.2) is 9.78 Å². The lowest BCUT2D eigenvalue weighted by molar-refractivity contribution is 0.240. The van der Waals surface area contributed by atoms with E-state index in [-0.39, 0.29) is 18.0 Å². The number of hydrogen-bond acceptors (Lipinski definition) is 5. The van der Waals surface area contributed by atoms with Crippen molar-refractivity contribution in [2.24, 2.45) is 0 Å². The van der Waals surface area contributed by atoms with Crippen molar-refractivity contribution in [1.29, 1.82) is 0 Å². The third-order valence-electron chi connectivity index (χ3n) is 7.72. The minimum atomic E-state index is -0.130. The molecule has 2 aromatic carbocycles. The van der Waals surface area contributed by atoms with Crippen molar-refractivity contribution < 1.29 is 13.9 Å². The van der Waals surface area contributed by atoms with Gasteiger partial charge in [0.05, 0.1) is 24.8 Å². The number of benzene rings is 2. The third-order valence-corrected chi connectivity index (χ3v) is 7.72. The van der Waals surface area contributed by atoms with Gasteiger partial charge in [-0.3, -0.25) is 0 Å². The first kappa shape index (κ1) is 22.0. The van der Waals surface area contributed by atoms with Gasteiger partial charge in [-0.05, 0) is 74.8 Å². The Morgan fingerprint density at radius 3 is 2.54 bits per heavy atom. The first-order valence-corrected chi connectivity index (χ1v) is 12.8. The van der Waals surface area contributed by atoms with E-state index in [4.69, 9.17) is 9.15 Å². The van der Waals surface area contributed by atoms with Crippen molar-refractivity contribution >= 4 is 17.4 Å². The molecule has 0 spiro atoms. The zero-order chi connectivity index (χ0) is 23.8. The maximum absolute atomic E-state index is 12.3. The Morgan fingerprint density at radius 1 is 1.11 bits per heavy atom. The lowest BCUT2D eigenvalue weighted by atomic mass is 9.85. The summed E-state index contributed by atoms with van der Waals surface area (Å²) in [5.41, 5.74) is 4.45. The summed E-state index contributed by atoms with van der Waals surface area (Å²) in [6.45, 7) is 2.65. The number of urea groups is 1. The quantitative estimate of drug-likeness (QED) is 0.441. The van der Waals surface area contributed by atoms with E-state index in [0.29, 0.717) is 18.7 Å². The highest BCUT2D eigenvalue weighted by molar-refractivity contribution is 5.89. The largest absolute Gasteiger partial charge is 0.494 e. The molecular weight excluding hydrogens is 440 g/mol. The van der Waals surface area contributed by atoms with E-state index in [9.17, 15) is 4.79 Å². The van der Waals surface area contributed by atoms with E-state index in [2.05, 4.69) is 50.8 Å². The van der Waals surface area contributed by atoms with Crippen LogP contribution in [0.3, 0.4) is 0 Å². The van der Waals surface area contributed by atoms with Crippen LogP contribution in [0.1, 0.15) is 74.3 Å². The molecule has 2 heterocycles. The number of nitrogens with zero attached hydrogens (tertiary/aromatic N) is 2. The second kappa shape index (κ2) is 9.29. The van der Waals surface area contributed by atoms with Crippen LogP contribution in [0.5, 0.6) is 5.75 Å². The second-order valence-corrected chi connectivity index (χ2v) is 9.82. The number of oxazole rings is 1. The maximum atomic E-state index is 12.3. The van der Waals surface area contributed by atoms with Gasteiger partial charge in [-0.2, -0.15) is 0 Å². The molecule has 0 radical (unpaired) electrons. The van der Waals surface area contributed by atoms with E-state index < -0.39 is 0 Å². The lowest BCUT2D eigenvalue weighted by Crippen LogP contribution is -2.42. The normalized spacial score (nSPS) is 21.7. The van der Waals surface area contributed by atoms with Crippen molar-refractivity contribution in [1.82, 2.24) is 10.3 Å². The van der Waals surface area contributed by atoms with Gasteiger partial charge in [0.25, 0.3) is 0 Å². The summed E-state index contributed by atoms with van der Waals surface area (Å²) in [7, 11) is 0. The molecule has 2 fully saturated rings. The van der Waals surface area contributed by atoms with Crippen LogP contribution in [-0.2, 0) is 0 Å². The van der Waals surface area contributed by atoms with Gasteiger partial charge in [0, 0.05) is 29.5 Å². The average Bonchev–Trinajstić information content (AvgIpc) is 3.43. The molecule has 2 aliphatic carbocycles. The Morgan fingerprint density at radius 2 is 1.91 bits per heavy atom. The van der Waals surface area contributed by atoms with Crippen molar-refractivity contribution in [2.75, 3.05) is 16.8 Å². The fourth-order valence-corrected chi connectivity index (χ4v) is 5.55. The summed E-state index contributed by atoms with van der Waals surface area (Å²) in [5.74, 6) is 1.79. The molecule has 7 heteroatoms. The van der Waals surface area contributed by atoms with Crippen molar-refractivity contribution in [2.45, 2.75) is 69.5 Å². The molecule has 6 rings (SSSR count). The second-order valence-electron chi connectivity index (χ2n) is 9.82. The highest BCUT2D eigenvalue weighted by Crippen LogP contribution is 2.55. The number of rotatable bonds is 7. The van der Waals surface area contributed by atoms with E-state index in [1.54, 1.807) is 0 Å². The topological polar surface area (TPSA) is 79.6 Å². The molecular formula is C28H32N4O3. The molecule has 2 N–H and O–H groups in total. The highest BCUT2D eigenvalue weighted by Gasteiger charge is 2.46. The van der Waals surface area contributed by atoms with Crippen molar-refractivity contribution in [3.8, 4) is 5.75 Å². The molecule has 2 unspecified atom stereocenters. The minimum absolute atomic E-state index is 0.0319. The van der Waals surface area contributed by atoms with Crippen LogP contribution in [0.25, 0.3) is 0 Å². The molecule has 7 nitrogen and oxygen atoms in total. The van der Waals surface area contributed by atoms with Gasteiger partial charge in [0.2, 0.25) is 0 Å². The smallest absolute Gasteiger partial charge is 0.319 e. The van der Waals surface area contributed by atoms with Crippen LogP contribution in [0.4, 0.5) is 16.2 Å². The van der Waals surface area contributed by atoms with E-state index in [1.807, 2.05) is 25.3 Å². The van der Waals surface area contributed by atoms with Crippen LogP contribution in [0.15, 0.2) is 59.5 Å². The standard InChI is InChI=1S/C28H32N4O3/c1-2-34-22-13-14-23-24(15-22)32(21-7-4-8-21)27(26(23)25-16-29-17-35-25)18-9-11-20(12-10-18)31-28(33)30-19-5-3-6-19/h9-17,19,21,26-27H,2-8H2,1H3,(H2,30,31,33). The molecule has 3 aliphatic rings. The molecule has 182 valence electrons. The fraction of sp³-hybridized carbons (Fsp3) is 0.429. The SMILES string of the molecule is CCOc1ccc2c(c1)N(C1CCC1)C(c1ccc(NC(=O)NC3CCC3)cc1)C2c1cnco1. The molecule has 0 bridgehead atoms. The number of carbonyl (C=O) groups is 1. The Hall–Kier alpha value is -3.48. The minimum Gasteiger partial charge on any atom is -0.494 e. The average molecular weight is 473 g/mol. The zero-order valence-corrected chi connectivity index (χ0v) is 20.1. The van der Waals surface area contributed by atoms with Crippen LogP contribution in [-0.4, -0.2) is 29.7 Å². The third kappa shape index (κ3) is 4.13. The van der Waals surface area contributed by atoms with E-state index in [1.165, 1.54) is 48.9 Å². The molecule has 35 heavy (non-hydrogen) atoms. The van der Waals surface area contributed by atoms with Gasteiger partial charge in [0.1, 0.15) is 11.5 Å². The summed E-state index contributed by atoms with van der Waals surface area (Å²) in [6, 6.07) is 15.4. The molecule has 1 aromatic heterocycles. The van der Waals surface area contributed by atoms with Crippen LogP contribution in [0.2, 0.25) is 0 Å². The molecule has 2 saturated carbocycles. The maximum Gasteiger partial charge on any atom is 0.319 e. The van der Waals surface area contributed by atoms with Crippen molar-refractivity contribution in [3.63, 3.8) is 0 Å². The number of ether oxygens (including phenoxy) is 1. The Balaban J connectivity index is 1.33. The number of carbonyl (C=O) groups excluding carboxylic acids is 1. The molecule has 2 atom stereocenters. The van der Waals surface area contributed by atoms with Gasteiger partial charge in [-0.1, -0.05) is 18.2 Å². The van der Waals surface area contributed by atoms with E-state index >= 15 is 0 Å². The number of nitrogens with one attached hydrogen (secondary N) is 2. The van der Waals surface area contributed by atoms with Gasteiger partial charge >= 0.3 is 6.03 Å². The van der Waals surface area contributed by atoms with Crippen molar-refractivity contribution in [3.05, 3.63) is 71.9 Å². The van der Waals surface area contributed by atoms with Gasteiger partial charge in [0.15, 0.2) is 6.39 Å². The van der Waals surface area contributed by atoms with E-state index in [0.717, 1.165) is 30.0 Å². The number of fused-ring (bicyclic) bond motifs is 1. The summed E-state index contributed by atoms with van der Waals surface area (Å²) in [4.78, 5) is 19.1. The number of anilines is 2. The first-order valence-electron chi connectivity index (χ1n) is 12.8. The Bertz CT molecular complexity index is 1170. The molecule has 1 aliphatic heterocycles. The number of amides is 2. The zero-order valence-electron chi connectivity index (χ0n) is 20.1. The lowest BCUT2D eigenvalue weighted by Gasteiger charge is -2.42. The Labute approximate surface area is 205 Å². The van der Waals surface area contributed by atoms with Crippen LogP contribution >= 0.6 is 0 Å². The summed E-state index contributed by atoms with van der Waals surface area (Å²) in [6.07, 6.45) is 10.3. The predicted molar refractivity (Wildman–Crippen MR) is 135 cm³/mol. The van der Waals surface area contributed by atoms with Crippen LogP contribution in [0, 0.1) is 0 Å². The predicted octanol–water partition coefficient (Wildman–Crippen LogP) is 5.99. The highest BCUT2D eigenvalue weighted by atomic mass is 16.5. The Kier molecular flexibility index (Phi) is 5.84. The summed E-state index contributed by atoms with van der Waals surface area (Å²) < 4.78 is 11.7. The summed E-state index contributed by atoms with van der Waals surface area (Å²) >= 11 is 0. The molecule has 2 amide bonds. The van der Waals surface area contributed by atoms with Gasteiger partial charge < -0.3 is 24.7 Å². The summed E-state index contributed by atoms with van der Waals surface area (Å²) in [5, 5.41) is 6.02. The fourth-order valence-electron chi connectivity index (χ4n) is 5.55. The molecule has 3 aromatic rings. The number of aromatic nitrogens is 1. The molecule has 0 saturated heterocycles. The van der Waals surface area contributed by atoms with Gasteiger partial charge in [-0.15, -0.1) is 0 Å². The monoisotopic (exact) mass is 472 g/mol. The number of hydrogen-bond donors (Lipinski definition) is 2. The first-order chi connectivity index (χ1) is 17.2. The van der Waals surface area contributed by atoms with Crippen LogP contribution < -0.4 is 20.3 Å².